The Kier molecular flexibility index (Phi) is 9.36. The van der Waals surface area contributed by atoms with Gasteiger partial charge in [0.1, 0.15) is 0 Å². The Balaban J connectivity index is 0.000000659. The highest BCUT2D eigenvalue weighted by molar-refractivity contribution is 5.41. The first-order valence-electron chi connectivity index (χ1n) is 7.49. The lowest BCUT2D eigenvalue weighted by Crippen LogP contribution is -1.98. The fourth-order valence-corrected chi connectivity index (χ4v) is 2.02. The van der Waals surface area contributed by atoms with Crippen molar-refractivity contribution in [3.63, 3.8) is 0 Å². The number of allylic oxidation sites excluding steroid dienone is 8. The molecule has 0 aromatic carbocycles. The van der Waals surface area contributed by atoms with Gasteiger partial charge in [-0.1, -0.05) is 63.1 Å². The van der Waals surface area contributed by atoms with Gasteiger partial charge >= 0.3 is 0 Å². The molecule has 18 heavy (non-hydrogen) atoms. The van der Waals surface area contributed by atoms with Crippen LogP contribution in [0, 0.1) is 0 Å². The molecule has 0 aromatic rings. The van der Waals surface area contributed by atoms with Crippen molar-refractivity contribution in [1.82, 2.24) is 0 Å². The van der Waals surface area contributed by atoms with Crippen LogP contribution in [-0.4, -0.2) is 0 Å². The number of hydrogen-bond acceptors (Lipinski definition) is 0. The normalized spacial score (nSPS) is 17.9. The maximum absolute atomic E-state index is 2.30. The summed E-state index contributed by atoms with van der Waals surface area (Å²) < 4.78 is 0. The zero-order chi connectivity index (χ0) is 14.0. The van der Waals surface area contributed by atoms with Crippen molar-refractivity contribution < 1.29 is 0 Å². The van der Waals surface area contributed by atoms with Crippen molar-refractivity contribution in [1.29, 1.82) is 0 Å². The standard InChI is InChI=1S/C14H18.2C2H6/c1-11-3-7-13(8-4-11)14-9-5-12(2)6-10-14;2*1-2/h3,5,7,9H,4,6,8,10H2,1-2H3;2*1-2H3. The van der Waals surface area contributed by atoms with Gasteiger partial charge in [-0.05, 0) is 50.7 Å². The average molecular weight is 246 g/mol. The topological polar surface area (TPSA) is 0 Å². The molecule has 0 amide bonds. The zero-order valence-corrected chi connectivity index (χ0v) is 13.1. The molecule has 0 N–H and O–H groups in total. The Morgan fingerprint density at radius 3 is 1.11 bits per heavy atom. The molecule has 0 atom stereocenters. The van der Waals surface area contributed by atoms with E-state index in [4.69, 9.17) is 0 Å². The lowest BCUT2D eigenvalue weighted by Gasteiger charge is -2.18. The summed E-state index contributed by atoms with van der Waals surface area (Å²) in [5, 5.41) is 0. The third kappa shape index (κ3) is 5.53. The van der Waals surface area contributed by atoms with Crippen LogP contribution in [-0.2, 0) is 0 Å². The molecule has 2 aliphatic carbocycles. The summed E-state index contributed by atoms with van der Waals surface area (Å²) in [6.45, 7) is 12.4. The van der Waals surface area contributed by atoms with Gasteiger partial charge in [0.2, 0.25) is 0 Å². The predicted octanol–water partition coefficient (Wildman–Crippen LogP) is 6.37. The molecule has 2 aliphatic rings. The lowest BCUT2D eigenvalue weighted by molar-refractivity contribution is 0.851. The molecule has 0 aromatic heterocycles. The van der Waals surface area contributed by atoms with E-state index in [9.17, 15) is 0 Å². The second kappa shape index (κ2) is 9.94. The number of rotatable bonds is 1. The van der Waals surface area contributed by atoms with E-state index >= 15 is 0 Å². The summed E-state index contributed by atoms with van der Waals surface area (Å²) in [5.74, 6) is 0. The molecule has 0 heteroatoms. The molecule has 0 bridgehead atoms. The molecule has 0 radical (unpaired) electrons. The molecule has 0 spiro atoms. The summed E-state index contributed by atoms with van der Waals surface area (Å²) in [4.78, 5) is 0. The van der Waals surface area contributed by atoms with Gasteiger partial charge < -0.3 is 0 Å². The van der Waals surface area contributed by atoms with E-state index in [-0.39, 0.29) is 0 Å². The van der Waals surface area contributed by atoms with E-state index in [0.717, 1.165) is 0 Å². The van der Waals surface area contributed by atoms with Crippen LogP contribution in [0.4, 0.5) is 0 Å². The largest absolute Gasteiger partial charge is 0.0730 e. The molecule has 0 nitrogen and oxygen atoms in total. The van der Waals surface area contributed by atoms with E-state index in [1.165, 1.54) is 36.8 Å². The van der Waals surface area contributed by atoms with Crippen LogP contribution in [0.15, 0.2) is 46.6 Å². The van der Waals surface area contributed by atoms with Crippen molar-refractivity contribution in [2.24, 2.45) is 0 Å². The van der Waals surface area contributed by atoms with Crippen molar-refractivity contribution >= 4 is 0 Å². The summed E-state index contributed by atoms with van der Waals surface area (Å²) in [6, 6.07) is 0. The third-order valence-electron chi connectivity index (χ3n) is 3.13. The van der Waals surface area contributed by atoms with Crippen LogP contribution < -0.4 is 0 Å². The highest BCUT2D eigenvalue weighted by atomic mass is 14.2. The van der Waals surface area contributed by atoms with Gasteiger partial charge in [-0.25, -0.2) is 0 Å². The molecule has 0 unspecified atom stereocenters. The summed E-state index contributed by atoms with van der Waals surface area (Å²) >= 11 is 0. The minimum atomic E-state index is 1.24. The van der Waals surface area contributed by atoms with Gasteiger partial charge in [0, 0.05) is 0 Å². The van der Waals surface area contributed by atoms with Gasteiger partial charge in [-0.15, -0.1) is 0 Å². The maximum atomic E-state index is 2.30. The van der Waals surface area contributed by atoms with E-state index in [1.54, 1.807) is 11.1 Å². The molecular formula is C18H30. The average Bonchev–Trinajstić information content (AvgIpc) is 2.45. The van der Waals surface area contributed by atoms with Gasteiger partial charge in [0.25, 0.3) is 0 Å². The molecule has 0 aliphatic heterocycles. The van der Waals surface area contributed by atoms with Crippen LogP contribution in [0.5, 0.6) is 0 Å². The van der Waals surface area contributed by atoms with Crippen LogP contribution in [0.25, 0.3) is 0 Å². The minimum absolute atomic E-state index is 1.24. The second-order valence-corrected chi connectivity index (χ2v) is 4.41. The van der Waals surface area contributed by atoms with Crippen molar-refractivity contribution in [2.45, 2.75) is 67.2 Å². The first-order chi connectivity index (χ1) is 8.75. The molecule has 0 saturated carbocycles. The highest BCUT2D eigenvalue weighted by Gasteiger charge is 2.10. The molecule has 0 heterocycles. The summed E-state index contributed by atoms with van der Waals surface area (Å²) in [5.41, 5.74) is 6.13. The molecular weight excluding hydrogens is 216 g/mol. The van der Waals surface area contributed by atoms with Crippen LogP contribution in [0.3, 0.4) is 0 Å². The SMILES string of the molecule is CC.CC.CC1=CC=C(C2=CC=C(C)CC2)CC1. The van der Waals surface area contributed by atoms with Gasteiger partial charge in [0.15, 0.2) is 0 Å². The maximum Gasteiger partial charge on any atom is -0.0239 e. The zero-order valence-electron chi connectivity index (χ0n) is 13.1. The van der Waals surface area contributed by atoms with Gasteiger partial charge in [-0.2, -0.15) is 0 Å². The van der Waals surface area contributed by atoms with E-state index in [1.807, 2.05) is 27.7 Å². The van der Waals surface area contributed by atoms with Crippen molar-refractivity contribution in [2.75, 3.05) is 0 Å². The Labute approximate surface area is 114 Å². The van der Waals surface area contributed by atoms with Crippen molar-refractivity contribution in [3.8, 4) is 0 Å². The van der Waals surface area contributed by atoms with E-state index in [0.29, 0.717) is 0 Å². The predicted molar refractivity (Wildman–Crippen MR) is 84.8 cm³/mol. The minimum Gasteiger partial charge on any atom is -0.0730 e. The molecule has 0 saturated heterocycles. The Morgan fingerprint density at radius 2 is 0.889 bits per heavy atom. The Bertz CT molecular complexity index is 312. The highest BCUT2D eigenvalue weighted by Crippen LogP contribution is 2.29. The fourth-order valence-electron chi connectivity index (χ4n) is 2.02. The summed E-state index contributed by atoms with van der Waals surface area (Å²) in [6.07, 6.45) is 14.1. The number of hydrogen-bond donors (Lipinski definition) is 0. The smallest absolute Gasteiger partial charge is 0.0239 e. The molecule has 2 rings (SSSR count). The summed E-state index contributed by atoms with van der Waals surface area (Å²) in [7, 11) is 0. The monoisotopic (exact) mass is 246 g/mol. The Hall–Kier alpha value is -1.04. The third-order valence-corrected chi connectivity index (χ3v) is 3.13. The quantitative estimate of drug-likeness (QED) is 0.504. The fraction of sp³-hybridized carbons (Fsp3) is 0.556. The van der Waals surface area contributed by atoms with Crippen molar-refractivity contribution in [3.05, 3.63) is 46.6 Å². The van der Waals surface area contributed by atoms with Gasteiger partial charge in [0.05, 0.1) is 0 Å². The van der Waals surface area contributed by atoms with Crippen LogP contribution in [0.1, 0.15) is 67.2 Å². The van der Waals surface area contributed by atoms with E-state index in [2.05, 4.69) is 38.2 Å². The van der Waals surface area contributed by atoms with Crippen LogP contribution in [0.2, 0.25) is 0 Å². The van der Waals surface area contributed by atoms with Gasteiger partial charge in [-0.3, -0.25) is 0 Å². The first-order valence-corrected chi connectivity index (χ1v) is 7.49. The Morgan fingerprint density at radius 1 is 0.556 bits per heavy atom. The van der Waals surface area contributed by atoms with E-state index < -0.39 is 0 Å². The molecule has 0 fully saturated rings. The second-order valence-electron chi connectivity index (χ2n) is 4.41. The first kappa shape index (κ1) is 17.0. The molecule has 102 valence electrons. The van der Waals surface area contributed by atoms with Crippen LogP contribution >= 0.6 is 0 Å². The lowest BCUT2D eigenvalue weighted by atomic mass is 9.88.